The van der Waals surface area contributed by atoms with Gasteiger partial charge in [0.05, 0.1) is 0 Å². The number of nitrogens with zero attached hydrogens (tertiary/aromatic N) is 2. The van der Waals surface area contributed by atoms with Gasteiger partial charge in [-0.1, -0.05) is 18.2 Å². The molecule has 0 N–H and O–H groups in total. The fourth-order valence-electron chi connectivity index (χ4n) is 1.62. The Kier molecular flexibility index (Phi) is 2.57. The van der Waals surface area contributed by atoms with Gasteiger partial charge in [0.15, 0.2) is 5.76 Å². The number of alkyl halides is 1. The molecular weight excluding hydrogens is 240 g/mol. The summed E-state index contributed by atoms with van der Waals surface area (Å²) in [7, 11) is 0. The van der Waals surface area contributed by atoms with Crippen LogP contribution in [0.5, 0.6) is 0 Å². The van der Waals surface area contributed by atoms with Crippen molar-refractivity contribution in [1.82, 2.24) is 10.2 Å². The molecule has 86 valence electrons. The van der Waals surface area contributed by atoms with E-state index >= 15 is 0 Å². The first-order chi connectivity index (χ1) is 8.36. The predicted octanol–water partition coefficient (Wildman–Crippen LogP) is 3.26. The zero-order valence-corrected chi connectivity index (χ0v) is 9.65. The second-order valence-corrected chi connectivity index (χ2v) is 3.97. The largest absolute Gasteiger partial charge is 0.451 e. The lowest BCUT2D eigenvalue weighted by Crippen LogP contribution is -1.84. The summed E-state index contributed by atoms with van der Waals surface area (Å²) >= 11 is 5.60. The number of hydrogen-bond acceptors (Lipinski definition) is 4. The van der Waals surface area contributed by atoms with Crippen LogP contribution >= 0.6 is 11.6 Å². The van der Waals surface area contributed by atoms with Gasteiger partial charge in [0.25, 0.3) is 5.89 Å². The molecule has 0 atom stereocenters. The Labute approximate surface area is 102 Å². The van der Waals surface area contributed by atoms with Crippen LogP contribution in [0.25, 0.3) is 22.6 Å². The Balaban J connectivity index is 2.01. The maximum Gasteiger partial charge on any atom is 0.283 e. The molecule has 4 nitrogen and oxygen atoms in total. The number of rotatable bonds is 3. The molecule has 0 aliphatic carbocycles. The first kappa shape index (κ1) is 10.4. The molecule has 0 radical (unpaired) electrons. The standard InChI is InChI=1S/C12H9ClN2O2/c13-6-5-11-14-15-12(17-11)10-7-8-3-1-2-4-9(8)16-10/h1-4,7H,5-6H2. The molecule has 0 bridgehead atoms. The van der Waals surface area contributed by atoms with Gasteiger partial charge in [-0.3, -0.25) is 0 Å². The molecule has 3 rings (SSSR count). The van der Waals surface area contributed by atoms with Crippen LogP contribution in [0, 0.1) is 0 Å². The van der Waals surface area contributed by atoms with E-state index in [0.29, 0.717) is 29.8 Å². The highest BCUT2D eigenvalue weighted by atomic mass is 35.5. The second-order valence-electron chi connectivity index (χ2n) is 3.59. The average Bonchev–Trinajstić information content (AvgIpc) is 2.94. The summed E-state index contributed by atoms with van der Waals surface area (Å²) in [5.41, 5.74) is 0.805. The molecule has 0 unspecified atom stereocenters. The van der Waals surface area contributed by atoms with Crippen LogP contribution in [-0.4, -0.2) is 16.1 Å². The van der Waals surface area contributed by atoms with Gasteiger partial charge >= 0.3 is 0 Å². The minimum atomic E-state index is 0.390. The van der Waals surface area contributed by atoms with Crippen LogP contribution in [0.3, 0.4) is 0 Å². The topological polar surface area (TPSA) is 52.1 Å². The van der Waals surface area contributed by atoms with Gasteiger partial charge in [0, 0.05) is 17.7 Å². The van der Waals surface area contributed by atoms with Gasteiger partial charge in [-0.15, -0.1) is 21.8 Å². The van der Waals surface area contributed by atoms with Crippen LogP contribution in [0.1, 0.15) is 5.89 Å². The van der Waals surface area contributed by atoms with Gasteiger partial charge in [0.2, 0.25) is 5.89 Å². The van der Waals surface area contributed by atoms with E-state index in [1.54, 1.807) is 0 Å². The van der Waals surface area contributed by atoms with Gasteiger partial charge < -0.3 is 8.83 Å². The monoisotopic (exact) mass is 248 g/mol. The molecule has 3 aromatic rings. The SMILES string of the molecule is ClCCc1nnc(-c2cc3ccccc3o2)o1. The van der Waals surface area contributed by atoms with Crippen LogP contribution in [-0.2, 0) is 6.42 Å². The first-order valence-electron chi connectivity index (χ1n) is 5.24. The van der Waals surface area contributed by atoms with Crippen molar-refractivity contribution in [2.75, 3.05) is 5.88 Å². The molecular formula is C12H9ClN2O2. The number of halogens is 1. The van der Waals surface area contributed by atoms with Crippen molar-refractivity contribution < 1.29 is 8.83 Å². The fourth-order valence-corrected chi connectivity index (χ4v) is 1.78. The van der Waals surface area contributed by atoms with Crippen molar-refractivity contribution in [3.8, 4) is 11.7 Å². The zero-order chi connectivity index (χ0) is 11.7. The molecule has 0 aliphatic heterocycles. The van der Waals surface area contributed by atoms with Gasteiger partial charge in [-0.25, -0.2) is 0 Å². The molecule has 2 heterocycles. The number of furan rings is 1. The quantitative estimate of drug-likeness (QED) is 0.668. The molecule has 1 aromatic carbocycles. The molecule has 0 spiro atoms. The summed E-state index contributed by atoms with van der Waals surface area (Å²) in [5.74, 6) is 1.96. The van der Waals surface area contributed by atoms with Crippen molar-refractivity contribution in [3.63, 3.8) is 0 Å². The summed E-state index contributed by atoms with van der Waals surface area (Å²) in [5, 5.41) is 8.84. The molecule has 0 saturated carbocycles. The number of hydrogen-bond donors (Lipinski definition) is 0. The highest BCUT2D eigenvalue weighted by Crippen LogP contribution is 2.26. The highest BCUT2D eigenvalue weighted by Gasteiger charge is 2.12. The van der Waals surface area contributed by atoms with Crippen LogP contribution in [0.4, 0.5) is 0 Å². The average molecular weight is 249 g/mol. The summed E-state index contributed by atoms with van der Waals surface area (Å²) in [6.45, 7) is 0. The lowest BCUT2D eigenvalue weighted by molar-refractivity contribution is 0.493. The predicted molar refractivity (Wildman–Crippen MR) is 63.9 cm³/mol. The number of para-hydroxylation sites is 1. The van der Waals surface area contributed by atoms with E-state index in [2.05, 4.69) is 10.2 Å². The van der Waals surface area contributed by atoms with E-state index in [1.807, 2.05) is 30.3 Å². The third kappa shape index (κ3) is 1.91. The van der Waals surface area contributed by atoms with Crippen LogP contribution < -0.4 is 0 Å². The summed E-state index contributed by atoms with van der Waals surface area (Å²) in [6.07, 6.45) is 0.564. The second kappa shape index (κ2) is 4.22. The van der Waals surface area contributed by atoms with Crippen molar-refractivity contribution in [2.24, 2.45) is 0 Å². The lowest BCUT2D eigenvalue weighted by atomic mass is 10.2. The van der Waals surface area contributed by atoms with E-state index in [-0.39, 0.29) is 0 Å². The molecule has 5 heteroatoms. The van der Waals surface area contributed by atoms with Crippen molar-refractivity contribution in [2.45, 2.75) is 6.42 Å². The Morgan fingerprint density at radius 3 is 2.82 bits per heavy atom. The summed E-state index contributed by atoms with van der Waals surface area (Å²) < 4.78 is 11.1. The number of aryl methyl sites for hydroxylation is 1. The Morgan fingerprint density at radius 2 is 2.00 bits per heavy atom. The Hall–Kier alpha value is -1.81. The summed E-state index contributed by atoms with van der Waals surface area (Å²) in [6, 6.07) is 9.62. The molecule has 0 fully saturated rings. The van der Waals surface area contributed by atoms with E-state index in [9.17, 15) is 0 Å². The maximum atomic E-state index is 5.62. The van der Waals surface area contributed by atoms with E-state index in [4.69, 9.17) is 20.4 Å². The van der Waals surface area contributed by atoms with E-state index in [1.165, 1.54) is 0 Å². The molecule has 2 aromatic heterocycles. The minimum Gasteiger partial charge on any atom is -0.451 e. The van der Waals surface area contributed by atoms with Gasteiger partial charge in [-0.2, -0.15) is 0 Å². The summed E-state index contributed by atoms with van der Waals surface area (Å²) in [4.78, 5) is 0. The van der Waals surface area contributed by atoms with Crippen LogP contribution in [0.2, 0.25) is 0 Å². The normalized spacial score (nSPS) is 11.1. The highest BCUT2D eigenvalue weighted by molar-refractivity contribution is 6.17. The maximum absolute atomic E-state index is 5.62. The van der Waals surface area contributed by atoms with E-state index < -0.39 is 0 Å². The number of fused-ring (bicyclic) bond motifs is 1. The van der Waals surface area contributed by atoms with Crippen molar-refractivity contribution >= 4 is 22.6 Å². The number of aromatic nitrogens is 2. The zero-order valence-electron chi connectivity index (χ0n) is 8.89. The Morgan fingerprint density at radius 1 is 1.12 bits per heavy atom. The van der Waals surface area contributed by atoms with Gasteiger partial charge in [-0.05, 0) is 12.1 Å². The smallest absolute Gasteiger partial charge is 0.283 e. The van der Waals surface area contributed by atoms with Crippen LogP contribution in [0.15, 0.2) is 39.2 Å². The minimum absolute atomic E-state index is 0.390. The van der Waals surface area contributed by atoms with Crippen molar-refractivity contribution in [1.29, 1.82) is 0 Å². The first-order valence-corrected chi connectivity index (χ1v) is 5.77. The van der Waals surface area contributed by atoms with E-state index in [0.717, 1.165) is 11.0 Å². The molecule has 0 saturated heterocycles. The van der Waals surface area contributed by atoms with Gasteiger partial charge in [0.1, 0.15) is 5.58 Å². The number of benzene rings is 1. The molecule has 17 heavy (non-hydrogen) atoms. The fraction of sp³-hybridized carbons (Fsp3) is 0.167. The Bertz CT molecular complexity index is 612. The third-order valence-corrected chi connectivity index (χ3v) is 2.60. The molecule has 0 amide bonds. The molecule has 0 aliphatic rings. The third-order valence-electron chi connectivity index (χ3n) is 2.41. The lowest BCUT2D eigenvalue weighted by Gasteiger charge is -1.86. The van der Waals surface area contributed by atoms with Crippen molar-refractivity contribution in [3.05, 3.63) is 36.2 Å².